The Hall–Kier alpha value is -3.23. The van der Waals surface area contributed by atoms with Crippen molar-refractivity contribution in [2.75, 3.05) is 0 Å². The minimum absolute atomic E-state index is 0.0476. The highest BCUT2D eigenvalue weighted by Gasteiger charge is 2.36. The Kier molecular flexibility index (Phi) is 3.71. The molecule has 2 aromatic carbocycles. The second kappa shape index (κ2) is 5.94. The Labute approximate surface area is 154 Å². The summed E-state index contributed by atoms with van der Waals surface area (Å²) in [6.45, 7) is 1.49. The van der Waals surface area contributed by atoms with Crippen LogP contribution in [-0.4, -0.2) is 10.5 Å². The van der Waals surface area contributed by atoms with Crippen molar-refractivity contribution in [2.45, 2.75) is 12.8 Å². The van der Waals surface area contributed by atoms with Crippen molar-refractivity contribution in [1.29, 1.82) is 5.26 Å². The van der Waals surface area contributed by atoms with Crippen LogP contribution >= 0.6 is 11.6 Å². The molecule has 1 unspecified atom stereocenters. The molecular formula is C20H14ClN3O2. The van der Waals surface area contributed by atoms with Gasteiger partial charge < -0.3 is 10.5 Å². The molecule has 1 aromatic heterocycles. The molecule has 0 aliphatic carbocycles. The summed E-state index contributed by atoms with van der Waals surface area (Å²) in [5.41, 5.74) is 8.45. The topological polar surface area (TPSA) is 81.0 Å². The standard InChI is InChI=1S/C20H14ClN3O2/c1-11(25)24-16-5-3-2-4-14(16)19-18(24)17(15(10-22)20(23)26-19)12-6-8-13(21)9-7-12/h2-9,17H,23H2,1H3. The summed E-state index contributed by atoms with van der Waals surface area (Å²) in [6.07, 6.45) is 0. The molecule has 0 saturated carbocycles. The number of carbonyl (C=O) groups is 1. The second-order valence-electron chi connectivity index (χ2n) is 6.06. The first-order chi connectivity index (χ1) is 12.5. The number of fused-ring (bicyclic) bond motifs is 3. The fourth-order valence-electron chi connectivity index (χ4n) is 3.48. The molecule has 6 heteroatoms. The summed E-state index contributed by atoms with van der Waals surface area (Å²) in [5, 5.41) is 11.1. The van der Waals surface area contributed by atoms with E-state index in [1.165, 1.54) is 6.92 Å². The Bertz CT molecular complexity index is 1120. The van der Waals surface area contributed by atoms with E-state index >= 15 is 0 Å². The zero-order chi connectivity index (χ0) is 18.4. The smallest absolute Gasteiger partial charge is 0.228 e. The molecule has 3 aromatic rings. The van der Waals surface area contributed by atoms with E-state index in [0.29, 0.717) is 16.5 Å². The average molecular weight is 364 g/mol. The predicted octanol–water partition coefficient (Wildman–Crippen LogP) is 4.17. The highest BCUT2D eigenvalue weighted by molar-refractivity contribution is 6.30. The molecular weight excluding hydrogens is 350 g/mol. The molecule has 128 valence electrons. The zero-order valence-corrected chi connectivity index (χ0v) is 14.6. The molecule has 1 aliphatic rings. The van der Waals surface area contributed by atoms with Crippen molar-refractivity contribution in [3.63, 3.8) is 0 Å². The minimum Gasteiger partial charge on any atom is -0.438 e. The molecule has 5 nitrogen and oxygen atoms in total. The molecule has 0 bridgehead atoms. The molecule has 1 aliphatic heterocycles. The third kappa shape index (κ3) is 2.27. The van der Waals surface area contributed by atoms with Crippen LogP contribution in [0.15, 0.2) is 60.0 Å². The monoisotopic (exact) mass is 363 g/mol. The number of nitrogens with two attached hydrogens (primary N) is 1. The Balaban J connectivity index is 2.11. The van der Waals surface area contributed by atoms with Crippen molar-refractivity contribution >= 4 is 28.4 Å². The van der Waals surface area contributed by atoms with Crippen LogP contribution in [0.25, 0.3) is 10.9 Å². The summed E-state index contributed by atoms with van der Waals surface area (Å²) >= 11 is 6.01. The number of ether oxygens (including phenoxy) is 1. The number of nitrogens with zero attached hydrogens (tertiary/aromatic N) is 2. The number of rotatable bonds is 1. The number of hydrogen-bond donors (Lipinski definition) is 1. The quantitative estimate of drug-likeness (QED) is 0.703. The van der Waals surface area contributed by atoms with E-state index < -0.39 is 5.92 Å². The lowest BCUT2D eigenvalue weighted by Gasteiger charge is -2.25. The van der Waals surface area contributed by atoms with Crippen molar-refractivity contribution in [1.82, 2.24) is 4.57 Å². The van der Waals surface area contributed by atoms with Crippen LogP contribution in [0, 0.1) is 11.3 Å². The fraction of sp³-hybridized carbons (Fsp3) is 0.100. The van der Waals surface area contributed by atoms with Gasteiger partial charge in [0.25, 0.3) is 0 Å². The van der Waals surface area contributed by atoms with Gasteiger partial charge in [-0.25, -0.2) is 0 Å². The molecule has 0 saturated heterocycles. The normalized spacial score (nSPS) is 16.1. The summed E-state index contributed by atoms with van der Waals surface area (Å²) in [4.78, 5) is 12.5. The van der Waals surface area contributed by atoms with Crippen LogP contribution in [0.4, 0.5) is 0 Å². The molecule has 1 atom stereocenters. The molecule has 0 amide bonds. The van der Waals surface area contributed by atoms with Gasteiger partial charge in [0.15, 0.2) is 5.75 Å². The summed E-state index contributed by atoms with van der Waals surface area (Å²) in [5.74, 6) is -0.126. The van der Waals surface area contributed by atoms with Gasteiger partial charge in [-0.2, -0.15) is 5.26 Å². The Morgan fingerprint density at radius 3 is 2.58 bits per heavy atom. The minimum atomic E-state index is -0.516. The van der Waals surface area contributed by atoms with E-state index in [0.717, 1.165) is 16.5 Å². The van der Waals surface area contributed by atoms with Crippen LogP contribution in [0.5, 0.6) is 5.75 Å². The third-order valence-electron chi connectivity index (χ3n) is 4.54. The SMILES string of the molecule is CC(=O)n1c2c(c3ccccc31)OC(N)=C(C#N)C2c1ccc(Cl)cc1. The fourth-order valence-corrected chi connectivity index (χ4v) is 3.61. The van der Waals surface area contributed by atoms with Crippen LogP contribution in [-0.2, 0) is 0 Å². The highest BCUT2D eigenvalue weighted by atomic mass is 35.5. The van der Waals surface area contributed by atoms with Gasteiger partial charge in [-0.05, 0) is 29.8 Å². The number of carbonyl (C=O) groups excluding carboxylic acids is 1. The van der Waals surface area contributed by atoms with E-state index in [-0.39, 0.29) is 17.4 Å². The molecule has 2 heterocycles. The number of halogens is 1. The van der Waals surface area contributed by atoms with E-state index in [9.17, 15) is 10.1 Å². The van der Waals surface area contributed by atoms with Crippen molar-refractivity contribution < 1.29 is 9.53 Å². The van der Waals surface area contributed by atoms with E-state index in [1.54, 1.807) is 16.7 Å². The van der Waals surface area contributed by atoms with Gasteiger partial charge in [-0.3, -0.25) is 9.36 Å². The van der Waals surface area contributed by atoms with Gasteiger partial charge in [0.2, 0.25) is 11.8 Å². The average Bonchev–Trinajstić information content (AvgIpc) is 2.95. The number of para-hydroxylation sites is 1. The van der Waals surface area contributed by atoms with Crippen LogP contribution in [0.2, 0.25) is 5.02 Å². The van der Waals surface area contributed by atoms with E-state index in [1.807, 2.05) is 36.4 Å². The first-order valence-electron chi connectivity index (χ1n) is 8.00. The Morgan fingerprint density at radius 2 is 1.92 bits per heavy atom. The molecule has 0 spiro atoms. The summed E-state index contributed by atoms with van der Waals surface area (Å²) in [7, 11) is 0. The van der Waals surface area contributed by atoms with Gasteiger partial charge in [0, 0.05) is 17.3 Å². The van der Waals surface area contributed by atoms with Gasteiger partial charge in [-0.1, -0.05) is 35.9 Å². The molecule has 0 fully saturated rings. The largest absolute Gasteiger partial charge is 0.438 e. The maximum atomic E-state index is 12.5. The molecule has 0 radical (unpaired) electrons. The number of aromatic nitrogens is 1. The predicted molar refractivity (Wildman–Crippen MR) is 99.0 cm³/mol. The number of benzene rings is 2. The highest BCUT2D eigenvalue weighted by Crippen LogP contribution is 2.47. The van der Waals surface area contributed by atoms with Gasteiger partial charge in [0.1, 0.15) is 11.6 Å². The van der Waals surface area contributed by atoms with Gasteiger partial charge in [-0.15, -0.1) is 0 Å². The summed E-state index contributed by atoms with van der Waals surface area (Å²) in [6, 6.07) is 16.7. The van der Waals surface area contributed by atoms with Crippen LogP contribution in [0.1, 0.15) is 28.9 Å². The number of allylic oxidation sites excluding steroid dienone is 1. The van der Waals surface area contributed by atoms with Gasteiger partial charge >= 0.3 is 0 Å². The maximum absolute atomic E-state index is 12.5. The van der Waals surface area contributed by atoms with E-state index in [4.69, 9.17) is 22.1 Å². The lowest BCUT2D eigenvalue weighted by Crippen LogP contribution is -2.24. The number of nitriles is 1. The maximum Gasteiger partial charge on any atom is 0.228 e. The van der Waals surface area contributed by atoms with Crippen molar-refractivity contribution in [2.24, 2.45) is 5.73 Å². The first-order valence-corrected chi connectivity index (χ1v) is 8.38. The number of hydrogen-bond acceptors (Lipinski definition) is 4. The lowest BCUT2D eigenvalue weighted by atomic mass is 9.87. The first kappa shape index (κ1) is 16.2. The zero-order valence-electron chi connectivity index (χ0n) is 13.9. The van der Waals surface area contributed by atoms with E-state index in [2.05, 4.69) is 6.07 Å². The molecule has 4 rings (SSSR count). The van der Waals surface area contributed by atoms with Crippen molar-refractivity contribution in [3.8, 4) is 11.8 Å². The summed E-state index contributed by atoms with van der Waals surface area (Å²) < 4.78 is 7.38. The Morgan fingerprint density at radius 1 is 1.23 bits per heavy atom. The molecule has 26 heavy (non-hydrogen) atoms. The van der Waals surface area contributed by atoms with Crippen LogP contribution in [0.3, 0.4) is 0 Å². The third-order valence-corrected chi connectivity index (χ3v) is 4.79. The molecule has 2 N–H and O–H groups in total. The lowest BCUT2D eigenvalue weighted by molar-refractivity contribution is 0.0937. The second-order valence-corrected chi connectivity index (χ2v) is 6.50. The van der Waals surface area contributed by atoms with Gasteiger partial charge in [0.05, 0.1) is 17.1 Å². The van der Waals surface area contributed by atoms with Crippen molar-refractivity contribution in [3.05, 3.63) is 76.3 Å². The van der Waals surface area contributed by atoms with Crippen LogP contribution < -0.4 is 10.5 Å².